The summed E-state index contributed by atoms with van der Waals surface area (Å²) in [6.45, 7) is 2.63. The summed E-state index contributed by atoms with van der Waals surface area (Å²) in [6.07, 6.45) is -0.196. The first kappa shape index (κ1) is 19.3. The van der Waals surface area contributed by atoms with Gasteiger partial charge in [0.15, 0.2) is 0 Å². The van der Waals surface area contributed by atoms with E-state index in [0.29, 0.717) is 50.8 Å². The van der Waals surface area contributed by atoms with Gasteiger partial charge in [-0.3, -0.25) is 9.59 Å². The van der Waals surface area contributed by atoms with E-state index in [2.05, 4.69) is 5.32 Å². The fraction of sp³-hybridized carbons (Fsp3) is 0.619. The van der Waals surface area contributed by atoms with Crippen molar-refractivity contribution in [3.63, 3.8) is 0 Å². The van der Waals surface area contributed by atoms with E-state index in [4.69, 9.17) is 0 Å². The molecule has 2 saturated heterocycles. The molecular weight excluding hydrogens is 369 g/mol. The third kappa shape index (κ3) is 3.51. The smallest absolute Gasteiger partial charge is 0.351 e. The summed E-state index contributed by atoms with van der Waals surface area (Å²) in [6, 6.07) is 4.60. The van der Waals surface area contributed by atoms with Crippen LogP contribution in [0.5, 0.6) is 0 Å². The van der Waals surface area contributed by atoms with Crippen molar-refractivity contribution in [2.24, 2.45) is 5.92 Å². The first-order chi connectivity index (χ1) is 13.2. The van der Waals surface area contributed by atoms with Crippen LogP contribution in [0.1, 0.15) is 61.1 Å². The predicted octanol–water partition coefficient (Wildman–Crippen LogP) is 3.78. The molecule has 28 heavy (non-hydrogen) atoms. The maximum absolute atomic E-state index is 13.2. The number of amides is 2. The molecule has 1 aromatic carbocycles. The zero-order valence-corrected chi connectivity index (χ0v) is 15.9. The molecule has 1 aliphatic carbocycles. The second kappa shape index (κ2) is 6.78. The van der Waals surface area contributed by atoms with Crippen LogP contribution in [-0.2, 0) is 15.8 Å². The number of aryl methyl sites for hydroxylation is 1. The number of halogens is 3. The van der Waals surface area contributed by atoms with E-state index in [0.717, 1.165) is 6.42 Å². The van der Waals surface area contributed by atoms with Gasteiger partial charge in [0.25, 0.3) is 0 Å². The molecule has 1 aromatic rings. The first-order valence-corrected chi connectivity index (χ1v) is 9.94. The molecule has 1 saturated carbocycles. The zero-order valence-electron chi connectivity index (χ0n) is 15.9. The van der Waals surface area contributed by atoms with Gasteiger partial charge in [-0.1, -0.05) is 12.1 Å². The van der Waals surface area contributed by atoms with E-state index in [1.54, 1.807) is 12.1 Å². The molecule has 0 bridgehead atoms. The van der Waals surface area contributed by atoms with Gasteiger partial charge in [-0.15, -0.1) is 0 Å². The molecule has 152 valence electrons. The second-order valence-electron chi connectivity index (χ2n) is 8.61. The average molecular weight is 394 g/mol. The molecule has 2 heterocycles. The second-order valence-corrected chi connectivity index (χ2v) is 8.61. The van der Waals surface area contributed by atoms with Crippen molar-refractivity contribution in [1.29, 1.82) is 0 Å². The summed E-state index contributed by atoms with van der Waals surface area (Å²) in [5.41, 5.74) is 0.219. The Hall–Kier alpha value is -2.05. The predicted molar refractivity (Wildman–Crippen MR) is 97.6 cm³/mol. The summed E-state index contributed by atoms with van der Waals surface area (Å²) < 4.78 is 39.5. The number of rotatable bonds is 2. The van der Waals surface area contributed by atoms with Gasteiger partial charge in [-0.25, -0.2) is 0 Å². The topological polar surface area (TPSA) is 49.4 Å². The van der Waals surface area contributed by atoms with E-state index in [9.17, 15) is 22.8 Å². The minimum Gasteiger partial charge on any atom is -0.351 e. The van der Waals surface area contributed by atoms with Crippen LogP contribution in [0.2, 0.25) is 0 Å². The molecule has 2 amide bonds. The van der Waals surface area contributed by atoms with E-state index in [-0.39, 0.29) is 34.8 Å². The standard InChI is InChI=1S/C21H25F3N2O2/c1-13-2-3-15(10-17(13)21(22,23)24)14-5-8-26(9-6-14)19(28)16-11-20(12-16)7-4-18(27)25-20/h2-3,10,14,16H,4-9,11-12H2,1H3,(H,25,27). The molecule has 0 aromatic heterocycles. The zero-order chi connectivity index (χ0) is 20.1. The number of piperidine rings is 1. The van der Waals surface area contributed by atoms with Gasteiger partial charge in [-0.05, 0) is 62.1 Å². The molecule has 0 unspecified atom stereocenters. The Morgan fingerprint density at radius 1 is 1.21 bits per heavy atom. The molecule has 7 heteroatoms. The van der Waals surface area contributed by atoms with Crippen LogP contribution in [0.3, 0.4) is 0 Å². The Kier molecular flexibility index (Phi) is 4.67. The van der Waals surface area contributed by atoms with Gasteiger partial charge in [0.05, 0.1) is 5.56 Å². The van der Waals surface area contributed by atoms with Crippen LogP contribution in [0.4, 0.5) is 13.2 Å². The quantitative estimate of drug-likeness (QED) is 0.830. The van der Waals surface area contributed by atoms with Crippen LogP contribution in [0.15, 0.2) is 18.2 Å². The van der Waals surface area contributed by atoms with Crippen molar-refractivity contribution in [3.05, 3.63) is 34.9 Å². The number of likely N-dealkylation sites (tertiary alicyclic amines) is 1. The van der Waals surface area contributed by atoms with Crippen LogP contribution in [-0.4, -0.2) is 35.3 Å². The summed E-state index contributed by atoms with van der Waals surface area (Å²) >= 11 is 0. The minimum absolute atomic E-state index is 0.0360. The Labute approximate surface area is 162 Å². The number of nitrogens with one attached hydrogen (secondary N) is 1. The molecule has 2 aliphatic heterocycles. The Morgan fingerprint density at radius 3 is 2.46 bits per heavy atom. The lowest BCUT2D eigenvalue weighted by molar-refractivity contribution is -0.142. The summed E-state index contributed by atoms with van der Waals surface area (Å²) in [4.78, 5) is 26.0. The fourth-order valence-electron chi connectivity index (χ4n) is 5.03. The SMILES string of the molecule is Cc1ccc(C2CCN(C(=O)C3CC4(CCC(=O)N4)C3)CC2)cc1C(F)(F)F. The summed E-state index contributed by atoms with van der Waals surface area (Å²) in [5.74, 6) is 0.215. The molecular formula is C21H25F3N2O2. The van der Waals surface area contributed by atoms with Crippen molar-refractivity contribution in [2.45, 2.75) is 63.1 Å². The highest BCUT2D eigenvalue weighted by Gasteiger charge is 2.51. The number of alkyl halides is 3. The number of benzene rings is 1. The fourth-order valence-corrected chi connectivity index (χ4v) is 5.03. The van der Waals surface area contributed by atoms with Crippen LogP contribution >= 0.6 is 0 Å². The van der Waals surface area contributed by atoms with E-state index >= 15 is 0 Å². The van der Waals surface area contributed by atoms with E-state index in [1.807, 2.05) is 4.90 Å². The first-order valence-electron chi connectivity index (χ1n) is 9.94. The van der Waals surface area contributed by atoms with E-state index < -0.39 is 11.7 Å². The lowest BCUT2D eigenvalue weighted by Crippen LogP contribution is -2.57. The number of hydrogen-bond acceptors (Lipinski definition) is 2. The Morgan fingerprint density at radius 2 is 1.89 bits per heavy atom. The van der Waals surface area contributed by atoms with Crippen molar-refractivity contribution in [3.8, 4) is 0 Å². The molecule has 3 aliphatic rings. The lowest BCUT2D eigenvalue weighted by Gasteiger charge is -2.46. The van der Waals surface area contributed by atoms with Gasteiger partial charge < -0.3 is 10.2 Å². The maximum atomic E-state index is 13.2. The number of carbonyl (C=O) groups excluding carboxylic acids is 2. The highest BCUT2D eigenvalue weighted by atomic mass is 19.4. The molecule has 0 atom stereocenters. The van der Waals surface area contributed by atoms with Crippen molar-refractivity contribution in [1.82, 2.24) is 10.2 Å². The normalized spacial score (nSPS) is 28.4. The van der Waals surface area contributed by atoms with Crippen LogP contribution in [0.25, 0.3) is 0 Å². The largest absolute Gasteiger partial charge is 0.416 e. The van der Waals surface area contributed by atoms with Gasteiger partial charge in [-0.2, -0.15) is 13.2 Å². The summed E-state index contributed by atoms with van der Waals surface area (Å²) in [7, 11) is 0. The summed E-state index contributed by atoms with van der Waals surface area (Å²) in [5, 5.41) is 3.00. The third-order valence-electron chi connectivity index (χ3n) is 6.70. The van der Waals surface area contributed by atoms with Crippen LogP contribution in [0, 0.1) is 12.8 Å². The Balaban J connectivity index is 1.34. The minimum atomic E-state index is -4.34. The molecule has 0 radical (unpaired) electrons. The highest BCUT2D eigenvalue weighted by Crippen LogP contribution is 2.45. The molecule has 1 N–H and O–H groups in total. The average Bonchev–Trinajstić information content (AvgIpc) is 3.02. The van der Waals surface area contributed by atoms with Gasteiger partial charge >= 0.3 is 6.18 Å². The number of carbonyl (C=O) groups is 2. The molecule has 1 spiro atoms. The number of hydrogen-bond donors (Lipinski definition) is 1. The lowest BCUT2D eigenvalue weighted by atomic mass is 9.67. The van der Waals surface area contributed by atoms with Crippen molar-refractivity contribution >= 4 is 11.8 Å². The number of nitrogens with zero attached hydrogens (tertiary/aromatic N) is 1. The van der Waals surface area contributed by atoms with Gasteiger partial charge in [0.2, 0.25) is 11.8 Å². The maximum Gasteiger partial charge on any atom is 0.416 e. The molecule has 3 fully saturated rings. The molecule has 4 nitrogen and oxygen atoms in total. The van der Waals surface area contributed by atoms with Gasteiger partial charge in [0, 0.05) is 31.0 Å². The van der Waals surface area contributed by atoms with Crippen LogP contribution < -0.4 is 5.32 Å². The monoisotopic (exact) mass is 394 g/mol. The van der Waals surface area contributed by atoms with E-state index in [1.165, 1.54) is 13.0 Å². The van der Waals surface area contributed by atoms with Crippen molar-refractivity contribution in [2.75, 3.05) is 13.1 Å². The van der Waals surface area contributed by atoms with Gasteiger partial charge in [0.1, 0.15) is 0 Å². The third-order valence-corrected chi connectivity index (χ3v) is 6.70. The van der Waals surface area contributed by atoms with Crippen molar-refractivity contribution < 1.29 is 22.8 Å². The molecule has 4 rings (SSSR count). The highest BCUT2D eigenvalue weighted by molar-refractivity contribution is 5.83. The Bertz CT molecular complexity index is 791.